The maximum absolute atomic E-state index is 11.7. The highest BCUT2D eigenvalue weighted by molar-refractivity contribution is 9.10. The van der Waals surface area contributed by atoms with E-state index in [4.69, 9.17) is 18.9 Å². The van der Waals surface area contributed by atoms with E-state index in [9.17, 15) is 9.59 Å². The number of carbonyl (C=O) groups is 2. The van der Waals surface area contributed by atoms with Gasteiger partial charge in [-0.15, -0.1) is 0 Å². The van der Waals surface area contributed by atoms with Crippen LogP contribution in [0.5, 0.6) is 11.5 Å². The lowest BCUT2D eigenvalue weighted by Crippen LogP contribution is -2.22. The third kappa shape index (κ3) is 7.70. The maximum atomic E-state index is 11.7. The Hall–Kier alpha value is -2.58. The molecule has 2 aromatic carbocycles. The van der Waals surface area contributed by atoms with Crippen molar-refractivity contribution in [3.63, 3.8) is 0 Å². The molecule has 0 amide bonds. The third-order valence-corrected chi connectivity index (χ3v) is 6.38. The second-order valence-electron chi connectivity index (χ2n) is 8.66. The zero-order valence-electron chi connectivity index (χ0n) is 20.7. The molecule has 6 nitrogen and oxygen atoms in total. The number of benzene rings is 2. The molecule has 0 aliphatic carbocycles. The van der Waals surface area contributed by atoms with Crippen LogP contribution in [0.25, 0.3) is 0 Å². The van der Waals surface area contributed by atoms with E-state index in [0.717, 1.165) is 20.1 Å². The summed E-state index contributed by atoms with van der Waals surface area (Å²) < 4.78 is 23.4. The molecular weight excluding hydrogens is 580 g/mol. The summed E-state index contributed by atoms with van der Waals surface area (Å²) in [5.41, 5.74) is 2.32. The summed E-state index contributed by atoms with van der Waals surface area (Å²) in [6, 6.07) is 11.5. The molecule has 0 aliphatic rings. The van der Waals surface area contributed by atoms with Crippen molar-refractivity contribution in [2.45, 2.75) is 59.5 Å². The molecule has 8 heteroatoms. The van der Waals surface area contributed by atoms with Gasteiger partial charge in [-0.3, -0.25) is 0 Å². The normalized spacial score (nSPS) is 12.8. The highest BCUT2D eigenvalue weighted by Gasteiger charge is 2.26. The number of ether oxygens (including phenoxy) is 4. The largest absolute Gasteiger partial charge is 0.454 e. The number of esters is 2. The second-order valence-corrected chi connectivity index (χ2v) is 10.4. The van der Waals surface area contributed by atoms with Crippen molar-refractivity contribution in [3.05, 3.63) is 80.8 Å². The SMILES string of the molecule is C=C(C)C(=O)OC(C)Oc1ccc(C(C)(C)c2ccc(OC(C)OC(=O)C(=C)C)c(Br)c2)cc1Br. The monoisotopic (exact) mass is 608 g/mol. The first kappa shape index (κ1) is 28.7. The number of hydrogen-bond donors (Lipinski definition) is 0. The predicted octanol–water partition coefficient (Wildman–Crippen LogP) is 7.23. The van der Waals surface area contributed by atoms with Crippen LogP contribution in [0, 0.1) is 0 Å². The summed E-state index contributed by atoms with van der Waals surface area (Å²) in [7, 11) is 0. The van der Waals surface area contributed by atoms with E-state index in [2.05, 4.69) is 58.9 Å². The van der Waals surface area contributed by atoms with E-state index in [1.807, 2.05) is 36.4 Å². The van der Waals surface area contributed by atoms with Gasteiger partial charge in [0.25, 0.3) is 0 Å². The molecule has 2 unspecified atom stereocenters. The molecule has 0 saturated heterocycles. The summed E-state index contributed by atoms with van der Waals surface area (Å²) in [5, 5.41) is 0. The van der Waals surface area contributed by atoms with Crippen LogP contribution in [0.3, 0.4) is 0 Å². The fourth-order valence-corrected chi connectivity index (χ4v) is 3.99. The molecule has 0 radical (unpaired) electrons. The van der Waals surface area contributed by atoms with E-state index in [1.165, 1.54) is 0 Å². The standard InChI is InChI=1S/C27H30Br2O6/c1-15(2)25(30)34-17(5)32-23-11-9-19(13-21(23)28)27(7,8)20-10-12-24(22(29)14-20)33-18(6)35-26(31)16(3)4/h9-14,17-18H,1,3H2,2,4-8H3. The van der Waals surface area contributed by atoms with Gasteiger partial charge in [-0.25, -0.2) is 9.59 Å². The Labute approximate surface area is 223 Å². The molecule has 2 atom stereocenters. The molecule has 2 rings (SSSR count). The minimum Gasteiger partial charge on any atom is -0.454 e. The number of halogens is 2. The van der Waals surface area contributed by atoms with E-state index in [-0.39, 0.29) is 5.41 Å². The van der Waals surface area contributed by atoms with Crippen LogP contribution < -0.4 is 9.47 Å². The Morgan fingerprint density at radius 3 is 1.40 bits per heavy atom. The summed E-state index contributed by atoms with van der Waals surface area (Å²) in [5.74, 6) is 0.0880. The average molecular weight is 610 g/mol. The van der Waals surface area contributed by atoms with E-state index in [0.29, 0.717) is 22.6 Å². The van der Waals surface area contributed by atoms with Crippen LogP contribution in [-0.4, -0.2) is 24.5 Å². The van der Waals surface area contributed by atoms with Crippen LogP contribution >= 0.6 is 31.9 Å². The van der Waals surface area contributed by atoms with Crippen LogP contribution in [0.1, 0.15) is 52.7 Å². The predicted molar refractivity (Wildman–Crippen MR) is 142 cm³/mol. The van der Waals surface area contributed by atoms with E-state index in [1.54, 1.807) is 27.7 Å². The maximum Gasteiger partial charge on any atom is 0.336 e. The minimum atomic E-state index is -0.769. The first-order valence-electron chi connectivity index (χ1n) is 10.9. The van der Waals surface area contributed by atoms with Gasteiger partial charge < -0.3 is 18.9 Å². The van der Waals surface area contributed by atoms with Crippen LogP contribution in [-0.2, 0) is 24.5 Å². The second kappa shape index (κ2) is 11.9. The zero-order chi connectivity index (χ0) is 26.5. The van der Waals surface area contributed by atoms with Crippen molar-refractivity contribution in [3.8, 4) is 11.5 Å². The van der Waals surface area contributed by atoms with Gasteiger partial charge in [-0.05, 0) is 81.1 Å². The van der Waals surface area contributed by atoms with Gasteiger partial charge in [-0.2, -0.15) is 0 Å². The molecule has 0 bridgehead atoms. The van der Waals surface area contributed by atoms with Crippen molar-refractivity contribution in [1.82, 2.24) is 0 Å². The smallest absolute Gasteiger partial charge is 0.336 e. The lowest BCUT2D eigenvalue weighted by atomic mass is 9.78. The van der Waals surface area contributed by atoms with Crippen molar-refractivity contribution in [1.29, 1.82) is 0 Å². The molecule has 0 N–H and O–H groups in total. The van der Waals surface area contributed by atoms with E-state index < -0.39 is 24.5 Å². The quantitative estimate of drug-likeness (QED) is 0.161. The van der Waals surface area contributed by atoms with Crippen LogP contribution in [0.15, 0.2) is 69.6 Å². The number of hydrogen-bond acceptors (Lipinski definition) is 6. The van der Waals surface area contributed by atoms with Gasteiger partial charge in [0.1, 0.15) is 11.5 Å². The summed E-state index contributed by atoms with van der Waals surface area (Å²) in [6.45, 7) is 17.8. The number of carbonyl (C=O) groups excluding carboxylic acids is 2. The lowest BCUT2D eigenvalue weighted by molar-refractivity contribution is -0.157. The van der Waals surface area contributed by atoms with Gasteiger partial charge in [-0.1, -0.05) is 39.1 Å². The fraction of sp³-hybridized carbons (Fsp3) is 0.333. The Balaban J connectivity index is 2.18. The van der Waals surface area contributed by atoms with Crippen LogP contribution in [0.4, 0.5) is 0 Å². The average Bonchev–Trinajstić information content (AvgIpc) is 2.76. The van der Waals surface area contributed by atoms with Gasteiger partial charge in [0.15, 0.2) is 0 Å². The van der Waals surface area contributed by atoms with Crippen molar-refractivity contribution < 1.29 is 28.5 Å². The summed E-state index contributed by atoms with van der Waals surface area (Å²) in [6.07, 6.45) is -1.54. The Morgan fingerprint density at radius 1 is 0.771 bits per heavy atom. The van der Waals surface area contributed by atoms with Gasteiger partial charge in [0.2, 0.25) is 12.6 Å². The molecule has 0 heterocycles. The Morgan fingerprint density at radius 2 is 1.11 bits per heavy atom. The van der Waals surface area contributed by atoms with Crippen LogP contribution in [0.2, 0.25) is 0 Å². The Kier molecular flexibility index (Phi) is 9.75. The molecule has 0 fully saturated rings. The van der Waals surface area contributed by atoms with Crippen molar-refractivity contribution in [2.24, 2.45) is 0 Å². The lowest BCUT2D eigenvalue weighted by Gasteiger charge is -2.28. The fourth-order valence-electron chi connectivity index (χ4n) is 3.05. The molecule has 0 spiro atoms. The van der Waals surface area contributed by atoms with E-state index >= 15 is 0 Å². The molecule has 0 aliphatic heterocycles. The highest BCUT2D eigenvalue weighted by atomic mass is 79.9. The van der Waals surface area contributed by atoms with Gasteiger partial charge in [0, 0.05) is 30.4 Å². The first-order chi connectivity index (χ1) is 16.2. The zero-order valence-corrected chi connectivity index (χ0v) is 23.9. The van der Waals surface area contributed by atoms with Crippen molar-refractivity contribution in [2.75, 3.05) is 0 Å². The molecule has 0 aromatic heterocycles. The summed E-state index contributed by atoms with van der Waals surface area (Å²) >= 11 is 7.12. The highest BCUT2D eigenvalue weighted by Crippen LogP contribution is 2.39. The van der Waals surface area contributed by atoms with Gasteiger partial charge in [0.05, 0.1) is 8.95 Å². The summed E-state index contributed by atoms with van der Waals surface area (Å²) in [4.78, 5) is 23.4. The number of rotatable bonds is 10. The molecular formula is C27H30Br2O6. The van der Waals surface area contributed by atoms with Crippen molar-refractivity contribution >= 4 is 43.8 Å². The van der Waals surface area contributed by atoms with Gasteiger partial charge >= 0.3 is 11.9 Å². The minimum absolute atomic E-state index is 0.307. The molecule has 2 aromatic rings. The molecule has 188 valence electrons. The molecule has 35 heavy (non-hydrogen) atoms. The Bertz CT molecular complexity index is 1050. The topological polar surface area (TPSA) is 71.1 Å². The third-order valence-electron chi connectivity index (χ3n) is 5.14. The first-order valence-corrected chi connectivity index (χ1v) is 12.5. The molecule has 0 saturated carbocycles.